The van der Waals surface area contributed by atoms with Crippen LogP contribution >= 0.6 is 0 Å². The van der Waals surface area contributed by atoms with Crippen LogP contribution in [0.4, 0.5) is 11.4 Å². The Kier molecular flexibility index (Phi) is 6.78. The minimum atomic E-state index is -3.73. The maximum absolute atomic E-state index is 13.3. The average molecular weight is 489 g/mol. The van der Waals surface area contributed by atoms with Gasteiger partial charge in [-0.3, -0.25) is 19.4 Å². The highest BCUT2D eigenvalue weighted by Crippen LogP contribution is 2.32. The van der Waals surface area contributed by atoms with Crippen molar-refractivity contribution in [2.45, 2.75) is 17.9 Å². The first-order valence-corrected chi connectivity index (χ1v) is 12.4. The van der Waals surface area contributed by atoms with Crippen molar-refractivity contribution in [3.63, 3.8) is 0 Å². The highest BCUT2D eigenvalue weighted by atomic mass is 32.2. The Bertz CT molecular complexity index is 1190. The Labute approximate surface area is 199 Å². The zero-order valence-corrected chi connectivity index (χ0v) is 20.2. The van der Waals surface area contributed by atoms with Crippen molar-refractivity contribution in [3.05, 3.63) is 42.5 Å². The van der Waals surface area contributed by atoms with Crippen LogP contribution in [-0.4, -0.2) is 82.4 Å². The van der Waals surface area contributed by atoms with Crippen LogP contribution in [0.5, 0.6) is 11.5 Å². The number of amides is 2. The van der Waals surface area contributed by atoms with Gasteiger partial charge in [0.2, 0.25) is 21.8 Å². The molecule has 2 aromatic rings. The lowest BCUT2D eigenvalue weighted by atomic mass is 10.1. The molecule has 2 aliphatic rings. The van der Waals surface area contributed by atoms with Crippen LogP contribution in [0.1, 0.15) is 6.92 Å². The lowest BCUT2D eigenvalue weighted by Crippen LogP contribution is -2.56. The summed E-state index contributed by atoms with van der Waals surface area (Å²) in [5, 5.41) is 2.78. The summed E-state index contributed by atoms with van der Waals surface area (Å²) in [5.74, 6) is 0.349. The second-order valence-corrected chi connectivity index (χ2v) is 10.1. The molecule has 4 rings (SSSR count). The van der Waals surface area contributed by atoms with E-state index in [4.69, 9.17) is 9.47 Å². The molecule has 11 heteroatoms. The number of carbonyl (C=O) groups is 2. The van der Waals surface area contributed by atoms with Gasteiger partial charge in [0.1, 0.15) is 6.54 Å². The molecule has 2 heterocycles. The molecule has 10 nitrogen and oxygen atoms in total. The molecule has 1 fully saturated rings. The number of carbonyl (C=O) groups excluding carboxylic acids is 2. The molecule has 0 spiro atoms. The van der Waals surface area contributed by atoms with Crippen LogP contribution in [0, 0.1) is 0 Å². The maximum atomic E-state index is 13.3. The van der Waals surface area contributed by atoms with E-state index in [-0.39, 0.29) is 36.3 Å². The number of fused-ring (bicyclic) bond motifs is 1. The number of methoxy groups -OCH3 is 2. The highest BCUT2D eigenvalue weighted by molar-refractivity contribution is 7.89. The van der Waals surface area contributed by atoms with Gasteiger partial charge in [0.05, 0.1) is 36.5 Å². The summed E-state index contributed by atoms with van der Waals surface area (Å²) in [6.45, 7) is 3.00. The van der Waals surface area contributed by atoms with Gasteiger partial charge >= 0.3 is 0 Å². The maximum Gasteiger partial charge on any atom is 0.244 e. The number of benzene rings is 2. The van der Waals surface area contributed by atoms with Gasteiger partial charge < -0.3 is 14.8 Å². The van der Waals surface area contributed by atoms with E-state index in [2.05, 4.69) is 5.32 Å². The Balaban J connectivity index is 1.45. The zero-order valence-electron chi connectivity index (χ0n) is 19.4. The summed E-state index contributed by atoms with van der Waals surface area (Å²) in [5.41, 5.74) is 1.26. The van der Waals surface area contributed by atoms with Crippen molar-refractivity contribution < 1.29 is 27.5 Å². The summed E-state index contributed by atoms with van der Waals surface area (Å²) in [6.07, 6.45) is 0. The van der Waals surface area contributed by atoms with Crippen LogP contribution < -0.4 is 19.7 Å². The third-order valence-corrected chi connectivity index (χ3v) is 8.10. The number of nitrogens with one attached hydrogen (secondary N) is 1. The number of hydrogen-bond acceptors (Lipinski definition) is 7. The van der Waals surface area contributed by atoms with Gasteiger partial charge in [-0.15, -0.1) is 0 Å². The van der Waals surface area contributed by atoms with Gasteiger partial charge in [-0.1, -0.05) is 12.1 Å². The van der Waals surface area contributed by atoms with E-state index in [1.165, 1.54) is 35.6 Å². The van der Waals surface area contributed by atoms with Gasteiger partial charge in [0.25, 0.3) is 0 Å². The number of nitrogens with zero attached hydrogens (tertiary/aromatic N) is 3. The predicted octanol–water partition coefficient (Wildman–Crippen LogP) is 1.38. The summed E-state index contributed by atoms with van der Waals surface area (Å²) in [6, 6.07) is 11.2. The molecule has 0 radical (unpaired) electrons. The third kappa shape index (κ3) is 4.46. The number of sulfonamides is 1. The van der Waals surface area contributed by atoms with E-state index >= 15 is 0 Å². The van der Waals surface area contributed by atoms with Crippen LogP contribution in [0.15, 0.2) is 47.4 Å². The van der Waals surface area contributed by atoms with Crippen LogP contribution in [0.25, 0.3) is 0 Å². The number of para-hydroxylation sites is 2. The number of piperazine rings is 1. The Morgan fingerprint density at radius 2 is 1.68 bits per heavy atom. The van der Waals surface area contributed by atoms with E-state index in [1.54, 1.807) is 31.2 Å². The first-order valence-electron chi connectivity index (χ1n) is 10.9. The Hall–Kier alpha value is -3.15. The number of hydrogen-bond donors (Lipinski definition) is 1. The van der Waals surface area contributed by atoms with E-state index in [0.717, 1.165) is 0 Å². The topological polar surface area (TPSA) is 108 Å². The molecule has 0 bridgehead atoms. The van der Waals surface area contributed by atoms with E-state index in [1.807, 2.05) is 11.0 Å². The van der Waals surface area contributed by atoms with Crippen molar-refractivity contribution in [2.24, 2.45) is 0 Å². The van der Waals surface area contributed by atoms with Crippen molar-refractivity contribution in [3.8, 4) is 11.5 Å². The molecule has 0 unspecified atom stereocenters. The van der Waals surface area contributed by atoms with Crippen LogP contribution in [-0.2, 0) is 19.6 Å². The van der Waals surface area contributed by atoms with Gasteiger partial charge in [-0.2, -0.15) is 4.31 Å². The predicted molar refractivity (Wildman–Crippen MR) is 127 cm³/mol. The third-order valence-electron chi connectivity index (χ3n) is 6.21. The average Bonchev–Trinajstić information content (AvgIpc) is 2.86. The summed E-state index contributed by atoms with van der Waals surface area (Å²) in [4.78, 5) is 28.9. The fourth-order valence-electron chi connectivity index (χ4n) is 4.27. The minimum Gasteiger partial charge on any atom is -0.493 e. The van der Waals surface area contributed by atoms with Gasteiger partial charge in [-0.05, 0) is 31.2 Å². The molecule has 1 atom stereocenters. The monoisotopic (exact) mass is 488 g/mol. The SMILES string of the molecule is COc1ccc(S(=O)(=O)N2CCN([C@H](C)C(=O)N3CC(=O)Nc4ccccc43)CC2)cc1OC. The zero-order chi connectivity index (χ0) is 24.5. The molecule has 182 valence electrons. The molecule has 34 heavy (non-hydrogen) atoms. The van der Waals surface area contributed by atoms with Crippen molar-refractivity contribution in [1.29, 1.82) is 0 Å². The molecule has 2 amide bonds. The van der Waals surface area contributed by atoms with E-state index < -0.39 is 16.1 Å². The molecular weight excluding hydrogens is 460 g/mol. The molecular formula is C23H28N4O6S. The summed E-state index contributed by atoms with van der Waals surface area (Å²) in [7, 11) is -0.791. The molecule has 2 aromatic carbocycles. The lowest BCUT2D eigenvalue weighted by molar-refractivity contribution is -0.125. The summed E-state index contributed by atoms with van der Waals surface area (Å²) < 4.78 is 38.2. The van der Waals surface area contributed by atoms with E-state index in [0.29, 0.717) is 36.0 Å². The summed E-state index contributed by atoms with van der Waals surface area (Å²) >= 11 is 0. The molecule has 0 saturated carbocycles. The first-order chi connectivity index (χ1) is 16.3. The Morgan fingerprint density at radius 1 is 1.00 bits per heavy atom. The smallest absolute Gasteiger partial charge is 0.244 e. The quantitative estimate of drug-likeness (QED) is 0.655. The van der Waals surface area contributed by atoms with Crippen molar-refractivity contribution >= 4 is 33.2 Å². The van der Waals surface area contributed by atoms with Crippen molar-refractivity contribution in [1.82, 2.24) is 9.21 Å². The van der Waals surface area contributed by atoms with E-state index in [9.17, 15) is 18.0 Å². The van der Waals surface area contributed by atoms with Crippen molar-refractivity contribution in [2.75, 3.05) is 57.2 Å². The fraction of sp³-hybridized carbons (Fsp3) is 0.391. The second-order valence-electron chi connectivity index (χ2n) is 8.12. The molecule has 1 saturated heterocycles. The molecule has 0 aromatic heterocycles. The second kappa shape index (κ2) is 9.61. The van der Waals surface area contributed by atoms with Crippen LogP contribution in [0.2, 0.25) is 0 Å². The fourth-order valence-corrected chi connectivity index (χ4v) is 5.71. The number of rotatable bonds is 6. The first kappa shape index (κ1) is 24.0. The van der Waals surface area contributed by atoms with Crippen LogP contribution in [0.3, 0.4) is 0 Å². The standard InChI is InChI=1S/C23H28N4O6S/c1-16(23(29)27-15-22(28)24-18-6-4-5-7-19(18)27)25-10-12-26(13-11-25)34(30,31)17-8-9-20(32-2)21(14-17)33-3/h4-9,14,16H,10-13,15H2,1-3H3,(H,24,28)/t16-/m1/s1. The Morgan fingerprint density at radius 3 is 2.35 bits per heavy atom. The van der Waals surface area contributed by atoms with Gasteiger partial charge in [-0.25, -0.2) is 8.42 Å². The highest BCUT2D eigenvalue weighted by Gasteiger charge is 2.36. The molecule has 1 N–H and O–H groups in total. The number of anilines is 2. The molecule has 2 aliphatic heterocycles. The van der Waals surface area contributed by atoms with Gasteiger partial charge in [0, 0.05) is 32.2 Å². The van der Waals surface area contributed by atoms with Gasteiger partial charge in [0.15, 0.2) is 11.5 Å². The lowest BCUT2D eigenvalue weighted by Gasteiger charge is -2.39. The normalized spacial score (nSPS) is 18.1. The molecule has 0 aliphatic carbocycles. The number of ether oxygens (including phenoxy) is 2. The minimum absolute atomic E-state index is 0.0478. The largest absolute Gasteiger partial charge is 0.493 e.